The second-order valence-corrected chi connectivity index (χ2v) is 6.32. The fourth-order valence-electron chi connectivity index (χ4n) is 2.57. The van der Waals surface area contributed by atoms with E-state index < -0.39 is 6.10 Å². The molecule has 0 saturated heterocycles. The molecule has 26 heavy (non-hydrogen) atoms. The van der Waals surface area contributed by atoms with Crippen molar-refractivity contribution in [2.75, 3.05) is 0 Å². The molecule has 5 nitrogen and oxygen atoms in total. The van der Waals surface area contributed by atoms with Crippen LogP contribution in [0.2, 0.25) is 5.02 Å². The number of hydrogen-bond acceptors (Lipinski definition) is 3. The van der Waals surface area contributed by atoms with E-state index in [1.165, 1.54) is 0 Å². The summed E-state index contributed by atoms with van der Waals surface area (Å²) in [5.74, 6) is 0.305. The Morgan fingerprint density at radius 3 is 2.65 bits per heavy atom. The van der Waals surface area contributed by atoms with Gasteiger partial charge in [0.2, 0.25) is 0 Å². The third-order valence-electron chi connectivity index (χ3n) is 3.99. The minimum atomic E-state index is -0.643. The van der Waals surface area contributed by atoms with E-state index in [0.29, 0.717) is 23.9 Å². The maximum Gasteiger partial charge on any atom is 0.261 e. The van der Waals surface area contributed by atoms with E-state index in [4.69, 9.17) is 16.3 Å². The van der Waals surface area contributed by atoms with Crippen molar-refractivity contribution in [3.63, 3.8) is 0 Å². The highest BCUT2D eigenvalue weighted by atomic mass is 35.5. The number of nitrogens with zero attached hydrogens (tertiary/aromatic N) is 2. The molecule has 0 aliphatic rings. The number of carbonyl (C=O) groups excluding carboxylic acids is 1. The van der Waals surface area contributed by atoms with Gasteiger partial charge in [0.15, 0.2) is 6.10 Å². The van der Waals surface area contributed by atoms with Gasteiger partial charge in [-0.25, -0.2) is 4.98 Å². The molecule has 0 bridgehead atoms. The van der Waals surface area contributed by atoms with Crippen LogP contribution in [-0.4, -0.2) is 21.6 Å². The number of rotatable bonds is 7. The van der Waals surface area contributed by atoms with Gasteiger partial charge in [0.25, 0.3) is 5.91 Å². The molecule has 3 aromatic rings. The summed E-state index contributed by atoms with van der Waals surface area (Å²) >= 11 is 6.07. The number of para-hydroxylation sites is 1. The van der Waals surface area contributed by atoms with E-state index in [-0.39, 0.29) is 5.91 Å². The molecule has 6 heteroatoms. The lowest BCUT2D eigenvalue weighted by molar-refractivity contribution is -0.127. The van der Waals surface area contributed by atoms with Gasteiger partial charge in [-0.05, 0) is 30.2 Å². The Labute approximate surface area is 157 Å². The lowest BCUT2D eigenvalue weighted by atomic mass is 10.1. The van der Waals surface area contributed by atoms with Crippen LogP contribution >= 0.6 is 11.6 Å². The van der Waals surface area contributed by atoms with Crippen molar-refractivity contribution in [2.24, 2.45) is 0 Å². The van der Waals surface area contributed by atoms with Crippen molar-refractivity contribution in [1.82, 2.24) is 14.9 Å². The number of imidazole rings is 1. The number of nitrogens with one attached hydrogen (secondary N) is 1. The fraction of sp³-hybridized carbons (Fsp3) is 0.200. The van der Waals surface area contributed by atoms with Crippen LogP contribution in [0, 0.1) is 0 Å². The number of amides is 1. The number of benzene rings is 2. The first-order valence-corrected chi connectivity index (χ1v) is 8.72. The van der Waals surface area contributed by atoms with E-state index in [0.717, 1.165) is 11.1 Å². The second kappa shape index (κ2) is 8.54. The standard InChI is InChI=1S/C20H20ClN3O2/c1-15(26-19-9-5-4-8-18(19)21)20(25)23-12-16-6-2-3-7-17(16)13-24-11-10-22-14-24/h2-11,14-15H,12-13H2,1H3,(H,23,25)/t15-/m1/s1. The summed E-state index contributed by atoms with van der Waals surface area (Å²) in [7, 11) is 0. The monoisotopic (exact) mass is 369 g/mol. The molecule has 3 rings (SSSR count). The third kappa shape index (κ3) is 4.64. The molecule has 0 saturated carbocycles. The first kappa shape index (κ1) is 18.0. The largest absolute Gasteiger partial charge is 0.479 e. The van der Waals surface area contributed by atoms with Crippen molar-refractivity contribution >= 4 is 17.5 Å². The average Bonchev–Trinajstić information content (AvgIpc) is 3.15. The summed E-state index contributed by atoms with van der Waals surface area (Å²) in [6, 6.07) is 15.1. The summed E-state index contributed by atoms with van der Waals surface area (Å²) in [6.45, 7) is 2.84. The van der Waals surface area contributed by atoms with Crippen LogP contribution in [0.15, 0.2) is 67.3 Å². The van der Waals surface area contributed by atoms with Gasteiger partial charge < -0.3 is 14.6 Å². The van der Waals surface area contributed by atoms with Crippen LogP contribution in [0.25, 0.3) is 0 Å². The molecule has 0 unspecified atom stereocenters. The molecule has 1 aromatic heterocycles. The molecule has 0 aliphatic carbocycles. The molecule has 1 heterocycles. The maximum atomic E-state index is 12.4. The molecule has 0 spiro atoms. The molecule has 1 amide bonds. The summed E-state index contributed by atoms with van der Waals surface area (Å²) in [5, 5.41) is 3.41. The van der Waals surface area contributed by atoms with Crippen LogP contribution in [0.4, 0.5) is 0 Å². The zero-order chi connectivity index (χ0) is 18.4. The fourth-order valence-corrected chi connectivity index (χ4v) is 2.75. The predicted molar refractivity (Wildman–Crippen MR) is 101 cm³/mol. The van der Waals surface area contributed by atoms with Gasteiger partial charge in [0, 0.05) is 25.5 Å². The highest BCUT2D eigenvalue weighted by Gasteiger charge is 2.16. The SMILES string of the molecule is C[C@@H](Oc1ccccc1Cl)C(=O)NCc1ccccc1Cn1ccnc1. The van der Waals surface area contributed by atoms with Crippen LogP contribution in [0.3, 0.4) is 0 Å². The number of halogens is 1. The van der Waals surface area contributed by atoms with Gasteiger partial charge in [-0.3, -0.25) is 4.79 Å². The average molecular weight is 370 g/mol. The second-order valence-electron chi connectivity index (χ2n) is 5.91. The van der Waals surface area contributed by atoms with Gasteiger partial charge >= 0.3 is 0 Å². The van der Waals surface area contributed by atoms with E-state index in [1.807, 2.05) is 47.2 Å². The number of hydrogen-bond donors (Lipinski definition) is 1. The van der Waals surface area contributed by atoms with E-state index in [9.17, 15) is 4.79 Å². The Hall–Kier alpha value is -2.79. The highest BCUT2D eigenvalue weighted by Crippen LogP contribution is 2.24. The summed E-state index contributed by atoms with van der Waals surface area (Å²) < 4.78 is 7.64. The molecule has 1 atom stereocenters. The molecule has 134 valence electrons. The summed E-state index contributed by atoms with van der Waals surface area (Å²) in [5.41, 5.74) is 2.19. The first-order valence-electron chi connectivity index (χ1n) is 8.35. The normalized spacial score (nSPS) is 11.8. The number of ether oxygens (including phenoxy) is 1. The number of aromatic nitrogens is 2. The van der Waals surface area contributed by atoms with E-state index in [2.05, 4.69) is 10.3 Å². The number of carbonyl (C=O) groups is 1. The van der Waals surface area contributed by atoms with Crippen LogP contribution < -0.4 is 10.1 Å². The van der Waals surface area contributed by atoms with Crippen LogP contribution in [0.5, 0.6) is 5.75 Å². The Balaban J connectivity index is 1.60. The van der Waals surface area contributed by atoms with Crippen LogP contribution in [-0.2, 0) is 17.9 Å². The van der Waals surface area contributed by atoms with Crippen molar-refractivity contribution in [2.45, 2.75) is 26.1 Å². The molecule has 0 aliphatic heterocycles. The Kier molecular flexibility index (Phi) is 5.92. The van der Waals surface area contributed by atoms with Crippen molar-refractivity contribution in [1.29, 1.82) is 0 Å². The minimum Gasteiger partial charge on any atom is -0.479 e. The van der Waals surface area contributed by atoms with Gasteiger partial charge in [0.05, 0.1) is 11.3 Å². The van der Waals surface area contributed by atoms with Crippen molar-refractivity contribution in [3.05, 3.63) is 83.4 Å². The topological polar surface area (TPSA) is 56.1 Å². The van der Waals surface area contributed by atoms with Gasteiger partial charge in [-0.15, -0.1) is 0 Å². The third-order valence-corrected chi connectivity index (χ3v) is 4.31. The zero-order valence-corrected chi connectivity index (χ0v) is 15.2. The lowest BCUT2D eigenvalue weighted by Gasteiger charge is -2.16. The van der Waals surface area contributed by atoms with Crippen molar-refractivity contribution in [3.8, 4) is 5.75 Å². The maximum absolute atomic E-state index is 12.4. The van der Waals surface area contributed by atoms with Gasteiger partial charge in [-0.1, -0.05) is 48.0 Å². The molecule has 0 radical (unpaired) electrons. The summed E-state index contributed by atoms with van der Waals surface area (Å²) in [6.07, 6.45) is 4.79. The highest BCUT2D eigenvalue weighted by molar-refractivity contribution is 6.32. The quantitative estimate of drug-likeness (QED) is 0.691. The van der Waals surface area contributed by atoms with Crippen molar-refractivity contribution < 1.29 is 9.53 Å². The Morgan fingerprint density at radius 1 is 1.19 bits per heavy atom. The Morgan fingerprint density at radius 2 is 1.92 bits per heavy atom. The smallest absolute Gasteiger partial charge is 0.261 e. The van der Waals surface area contributed by atoms with Gasteiger partial charge in [-0.2, -0.15) is 0 Å². The molecule has 1 N–H and O–H groups in total. The minimum absolute atomic E-state index is 0.192. The van der Waals surface area contributed by atoms with E-state index in [1.54, 1.807) is 31.6 Å². The molecule has 0 fully saturated rings. The lowest BCUT2D eigenvalue weighted by Crippen LogP contribution is -2.36. The van der Waals surface area contributed by atoms with E-state index >= 15 is 0 Å². The molecular formula is C20H20ClN3O2. The molecule has 2 aromatic carbocycles. The summed E-state index contributed by atoms with van der Waals surface area (Å²) in [4.78, 5) is 16.4. The van der Waals surface area contributed by atoms with Crippen LogP contribution in [0.1, 0.15) is 18.1 Å². The zero-order valence-electron chi connectivity index (χ0n) is 14.4. The predicted octanol–water partition coefficient (Wildman–Crippen LogP) is 3.67. The van der Waals surface area contributed by atoms with Gasteiger partial charge in [0.1, 0.15) is 5.75 Å². The molecular weight excluding hydrogens is 350 g/mol. The first-order chi connectivity index (χ1) is 12.6. The Bertz CT molecular complexity index is 865.